The van der Waals surface area contributed by atoms with Gasteiger partial charge in [0.2, 0.25) is 0 Å². The summed E-state index contributed by atoms with van der Waals surface area (Å²) in [7, 11) is 0. The first kappa shape index (κ1) is 12.9. The lowest BCUT2D eigenvalue weighted by Gasteiger charge is -2.22. The molecule has 3 saturated carbocycles. The molecule has 0 amide bonds. The topological polar surface area (TPSA) is 15.3 Å². The summed E-state index contributed by atoms with van der Waals surface area (Å²) in [4.78, 5) is 2.78. The molecule has 0 saturated heterocycles. The average Bonchev–Trinajstić information content (AvgIpc) is 3.21. The molecule has 2 heteroatoms. The van der Waals surface area contributed by atoms with Gasteiger partial charge >= 0.3 is 0 Å². The van der Waals surface area contributed by atoms with E-state index in [2.05, 4.69) is 10.2 Å². The van der Waals surface area contributed by atoms with Gasteiger partial charge in [0.15, 0.2) is 0 Å². The summed E-state index contributed by atoms with van der Waals surface area (Å²) >= 11 is 0. The van der Waals surface area contributed by atoms with Crippen molar-refractivity contribution in [3.8, 4) is 0 Å². The quantitative estimate of drug-likeness (QED) is 0.567. The maximum Gasteiger partial charge on any atom is 0.00682 e. The number of hydrogen-bond acceptors (Lipinski definition) is 2. The molecular formula is C16H30N2. The zero-order chi connectivity index (χ0) is 12.2. The number of unbranched alkanes of at least 4 members (excludes halogenated alkanes) is 2. The van der Waals surface area contributed by atoms with Crippen LogP contribution in [0.25, 0.3) is 0 Å². The third-order valence-electron chi connectivity index (χ3n) is 4.59. The van der Waals surface area contributed by atoms with Gasteiger partial charge in [0.25, 0.3) is 0 Å². The van der Waals surface area contributed by atoms with E-state index in [1.165, 1.54) is 84.0 Å². The molecule has 0 bridgehead atoms. The predicted octanol–water partition coefficient (Wildman–Crippen LogP) is 3.03. The van der Waals surface area contributed by atoms with Gasteiger partial charge in [0.1, 0.15) is 0 Å². The maximum atomic E-state index is 3.62. The van der Waals surface area contributed by atoms with Crippen molar-refractivity contribution in [2.24, 2.45) is 11.8 Å². The number of nitrogens with one attached hydrogen (secondary N) is 1. The second-order valence-corrected chi connectivity index (χ2v) is 6.94. The molecule has 0 spiro atoms. The van der Waals surface area contributed by atoms with Gasteiger partial charge in [-0.05, 0) is 76.3 Å². The van der Waals surface area contributed by atoms with Gasteiger partial charge in [-0.15, -0.1) is 0 Å². The van der Waals surface area contributed by atoms with E-state index in [0.717, 1.165) is 17.9 Å². The van der Waals surface area contributed by atoms with E-state index in [1.807, 2.05) is 0 Å². The van der Waals surface area contributed by atoms with Gasteiger partial charge in [-0.25, -0.2) is 0 Å². The molecule has 18 heavy (non-hydrogen) atoms. The maximum absolute atomic E-state index is 3.62. The first-order valence-corrected chi connectivity index (χ1v) is 8.36. The van der Waals surface area contributed by atoms with Crippen molar-refractivity contribution in [2.75, 3.05) is 26.2 Å². The van der Waals surface area contributed by atoms with Gasteiger partial charge in [-0.3, -0.25) is 0 Å². The van der Waals surface area contributed by atoms with Crippen molar-refractivity contribution in [3.05, 3.63) is 0 Å². The number of hydrogen-bond donors (Lipinski definition) is 1. The van der Waals surface area contributed by atoms with Crippen molar-refractivity contribution < 1.29 is 0 Å². The molecule has 0 radical (unpaired) electrons. The highest BCUT2D eigenvalue weighted by atomic mass is 15.1. The lowest BCUT2D eigenvalue weighted by Crippen LogP contribution is -2.29. The minimum absolute atomic E-state index is 0.895. The van der Waals surface area contributed by atoms with Crippen LogP contribution in [0, 0.1) is 11.8 Å². The highest BCUT2D eigenvalue weighted by Crippen LogP contribution is 2.33. The van der Waals surface area contributed by atoms with Gasteiger partial charge < -0.3 is 10.2 Å². The summed E-state index contributed by atoms with van der Waals surface area (Å²) in [5.41, 5.74) is 0. The minimum atomic E-state index is 0.895. The Morgan fingerprint density at radius 2 is 1.44 bits per heavy atom. The zero-order valence-electron chi connectivity index (χ0n) is 11.9. The van der Waals surface area contributed by atoms with Crippen molar-refractivity contribution in [2.45, 2.75) is 63.8 Å². The van der Waals surface area contributed by atoms with Gasteiger partial charge in [0.05, 0.1) is 0 Å². The fourth-order valence-electron chi connectivity index (χ4n) is 2.82. The lowest BCUT2D eigenvalue weighted by atomic mass is 10.2. The molecule has 0 aromatic rings. The summed E-state index contributed by atoms with van der Waals surface area (Å²) < 4.78 is 0. The molecule has 0 aliphatic heterocycles. The van der Waals surface area contributed by atoms with Crippen LogP contribution in [0.15, 0.2) is 0 Å². The summed E-state index contributed by atoms with van der Waals surface area (Å²) in [6.07, 6.45) is 13.1. The van der Waals surface area contributed by atoms with Crippen LogP contribution in [0.3, 0.4) is 0 Å². The van der Waals surface area contributed by atoms with E-state index < -0.39 is 0 Å². The second-order valence-electron chi connectivity index (χ2n) is 6.94. The van der Waals surface area contributed by atoms with Crippen LogP contribution in [-0.4, -0.2) is 37.1 Å². The third-order valence-corrected chi connectivity index (χ3v) is 4.59. The van der Waals surface area contributed by atoms with Crippen LogP contribution >= 0.6 is 0 Å². The molecule has 0 aromatic heterocycles. The molecule has 104 valence electrons. The Bertz CT molecular complexity index is 227. The van der Waals surface area contributed by atoms with Gasteiger partial charge in [0, 0.05) is 19.1 Å². The van der Waals surface area contributed by atoms with Crippen LogP contribution in [0.5, 0.6) is 0 Å². The van der Waals surface area contributed by atoms with Crippen molar-refractivity contribution in [1.29, 1.82) is 0 Å². The number of rotatable bonds is 11. The molecule has 0 aromatic carbocycles. The van der Waals surface area contributed by atoms with Crippen LogP contribution in [-0.2, 0) is 0 Å². The zero-order valence-corrected chi connectivity index (χ0v) is 11.9. The molecule has 3 rings (SSSR count). The summed E-state index contributed by atoms with van der Waals surface area (Å²) in [5.74, 6) is 2.14. The molecule has 3 aliphatic rings. The predicted molar refractivity (Wildman–Crippen MR) is 76.8 cm³/mol. The lowest BCUT2D eigenvalue weighted by molar-refractivity contribution is 0.247. The first-order chi connectivity index (χ1) is 8.90. The number of nitrogens with zero attached hydrogens (tertiary/aromatic N) is 1. The van der Waals surface area contributed by atoms with Crippen LogP contribution in [0.1, 0.15) is 57.8 Å². The highest BCUT2D eigenvalue weighted by Gasteiger charge is 2.28. The normalized spacial score (nSPS) is 23.8. The Balaban J connectivity index is 1.21. The van der Waals surface area contributed by atoms with Crippen LogP contribution in [0.2, 0.25) is 0 Å². The Labute approximate surface area is 113 Å². The Morgan fingerprint density at radius 1 is 0.778 bits per heavy atom. The van der Waals surface area contributed by atoms with E-state index >= 15 is 0 Å². The molecular weight excluding hydrogens is 220 g/mol. The standard InChI is InChI=1S/C16H30N2/c1(2-10-17-16-8-9-16)3-11-18(12-14-4-5-14)13-15-6-7-15/h14-17H,1-13H2. The van der Waals surface area contributed by atoms with E-state index in [4.69, 9.17) is 0 Å². The third kappa shape index (κ3) is 5.27. The van der Waals surface area contributed by atoms with Crippen molar-refractivity contribution in [1.82, 2.24) is 10.2 Å². The molecule has 2 nitrogen and oxygen atoms in total. The Kier molecular flexibility index (Phi) is 4.58. The van der Waals surface area contributed by atoms with E-state index in [0.29, 0.717) is 0 Å². The van der Waals surface area contributed by atoms with Crippen molar-refractivity contribution in [3.63, 3.8) is 0 Å². The fraction of sp³-hybridized carbons (Fsp3) is 1.00. The van der Waals surface area contributed by atoms with E-state index in [9.17, 15) is 0 Å². The van der Waals surface area contributed by atoms with E-state index in [-0.39, 0.29) is 0 Å². The summed E-state index contributed by atoms with van der Waals surface area (Å²) in [6, 6.07) is 0.895. The SMILES string of the molecule is C(CCNC1CC1)CCN(CC1CC1)CC1CC1. The van der Waals surface area contributed by atoms with Crippen LogP contribution < -0.4 is 5.32 Å². The Hall–Kier alpha value is -0.0800. The molecule has 0 atom stereocenters. The molecule has 0 heterocycles. The van der Waals surface area contributed by atoms with Gasteiger partial charge in [-0.2, -0.15) is 0 Å². The Morgan fingerprint density at radius 3 is 2.00 bits per heavy atom. The minimum Gasteiger partial charge on any atom is -0.314 e. The average molecular weight is 250 g/mol. The van der Waals surface area contributed by atoms with E-state index in [1.54, 1.807) is 0 Å². The second kappa shape index (κ2) is 6.38. The largest absolute Gasteiger partial charge is 0.314 e. The summed E-state index contributed by atoms with van der Waals surface area (Å²) in [5, 5.41) is 3.62. The fourth-order valence-corrected chi connectivity index (χ4v) is 2.82. The first-order valence-electron chi connectivity index (χ1n) is 8.36. The molecule has 3 fully saturated rings. The van der Waals surface area contributed by atoms with Crippen molar-refractivity contribution >= 4 is 0 Å². The highest BCUT2D eigenvalue weighted by molar-refractivity contribution is 4.82. The monoisotopic (exact) mass is 250 g/mol. The van der Waals surface area contributed by atoms with Gasteiger partial charge in [-0.1, -0.05) is 6.42 Å². The summed E-state index contributed by atoms with van der Waals surface area (Å²) in [6.45, 7) is 5.46. The molecule has 0 unspecified atom stereocenters. The molecule has 1 N–H and O–H groups in total. The van der Waals surface area contributed by atoms with Crippen LogP contribution in [0.4, 0.5) is 0 Å². The smallest absolute Gasteiger partial charge is 0.00682 e. The molecule has 3 aliphatic carbocycles.